The van der Waals surface area contributed by atoms with Crippen LogP contribution >= 0.6 is 0 Å². The van der Waals surface area contributed by atoms with E-state index < -0.39 is 0 Å². The summed E-state index contributed by atoms with van der Waals surface area (Å²) < 4.78 is 1.95. The van der Waals surface area contributed by atoms with Crippen molar-refractivity contribution in [3.63, 3.8) is 0 Å². The fraction of sp³-hybridized carbons (Fsp3) is 0.0556. The Morgan fingerprint density at radius 2 is 1.59 bits per heavy atom. The molecule has 0 saturated heterocycles. The fourth-order valence-corrected chi connectivity index (χ4v) is 2.62. The van der Waals surface area contributed by atoms with Crippen molar-refractivity contribution in [3.8, 4) is 0 Å². The number of rotatable bonds is 2. The Morgan fingerprint density at radius 3 is 2.50 bits per heavy atom. The standard InChI is InChI=1S/C18H14N4/c1-22-17-12-5-4-10-16(17)19-18(22)21-20-15-11-6-8-13-7-2-3-9-14(13)15/h2-12H,1H3. The van der Waals surface area contributed by atoms with Crippen molar-refractivity contribution in [2.24, 2.45) is 17.3 Å². The van der Waals surface area contributed by atoms with E-state index in [0.717, 1.165) is 27.5 Å². The second-order valence-electron chi connectivity index (χ2n) is 5.16. The first-order valence-corrected chi connectivity index (χ1v) is 7.14. The number of azo groups is 1. The smallest absolute Gasteiger partial charge is 0.250 e. The van der Waals surface area contributed by atoms with E-state index in [0.29, 0.717) is 5.95 Å². The van der Waals surface area contributed by atoms with E-state index >= 15 is 0 Å². The molecule has 1 heterocycles. The number of hydrogen-bond donors (Lipinski definition) is 0. The molecule has 0 spiro atoms. The number of aryl methyl sites for hydroxylation is 1. The highest BCUT2D eigenvalue weighted by molar-refractivity contribution is 5.92. The van der Waals surface area contributed by atoms with Crippen molar-refractivity contribution in [3.05, 3.63) is 66.7 Å². The lowest BCUT2D eigenvalue weighted by molar-refractivity contribution is 0.922. The summed E-state index contributed by atoms with van der Waals surface area (Å²) in [6.07, 6.45) is 0. The number of nitrogens with zero attached hydrogens (tertiary/aromatic N) is 4. The first kappa shape index (κ1) is 12.7. The topological polar surface area (TPSA) is 42.5 Å². The van der Waals surface area contributed by atoms with Crippen molar-refractivity contribution >= 4 is 33.4 Å². The summed E-state index contributed by atoms with van der Waals surface area (Å²) in [6.45, 7) is 0. The highest BCUT2D eigenvalue weighted by Gasteiger charge is 2.06. The zero-order chi connectivity index (χ0) is 14.9. The van der Waals surface area contributed by atoms with Crippen LogP contribution in [0.4, 0.5) is 11.6 Å². The molecule has 0 N–H and O–H groups in total. The second-order valence-corrected chi connectivity index (χ2v) is 5.16. The van der Waals surface area contributed by atoms with Crippen LogP contribution < -0.4 is 0 Å². The number of aromatic nitrogens is 2. The van der Waals surface area contributed by atoms with Gasteiger partial charge in [0.05, 0.1) is 16.7 Å². The highest BCUT2D eigenvalue weighted by atomic mass is 15.3. The van der Waals surface area contributed by atoms with Crippen LogP contribution in [0.3, 0.4) is 0 Å². The van der Waals surface area contributed by atoms with E-state index in [-0.39, 0.29) is 0 Å². The molecule has 22 heavy (non-hydrogen) atoms. The Balaban J connectivity index is 1.81. The maximum absolute atomic E-state index is 4.51. The van der Waals surface area contributed by atoms with Crippen LogP contribution in [0.15, 0.2) is 77.0 Å². The van der Waals surface area contributed by atoms with Gasteiger partial charge in [0.15, 0.2) is 0 Å². The number of para-hydroxylation sites is 2. The quantitative estimate of drug-likeness (QED) is 0.470. The summed E-state index contributed by atoms with van der Waals surface area (Å²) >= 11 is 0. The average molecular weight is 286 g/mol. The van der Waals surface area contributed by atoms with E-state index in [1.54, 1.807) is 0 Å². The van der Waals surface area contributed by atoms with Gasteiger partial charge in [-0.25, -0.2) is 4.98 Å². The Labute approximate surface area is 127 Å². The Bertz CT molecular complexity index is 993. The van der Waals surface area contributed by atoms with Crippen LogP contribution in [0, 0.1) is 0 Å². The van der Waals surface area contributed by atoms with Crippen molar-refractivity contribution in [2.75, 3.05) is 0 Å². The minimum Gasteiger partial charge on any atom is -0.310 e. The van der Waals surface area contributed by atoms with Gasteiger partial charge in [0.1, 0.15) is 0 Å². The largest absolute Gasteiger partial charge is 0.310 e. The van der Waals surface area contributed by atoms with E-state index in [4.69, 9.17) is 0 Å². The Kier molecular flexibility index (Phi) is 2.93. The molecular formula is C18H14N4. The fourth-order valence-electron chi connectivity index (χ4n) is 2.62. The van der Waals surface area contributed by atoms with E-state index in [9.17, 15) is 0 Å². The summed E-state index contributed by atoms with van der Waals surface area (Å²) in [4.78, 5) is 4.51. The van der Waals surface area contributed by atoms with Crippen LogP contribution in [0.25, 0.3) is 21.8 Å². The molecule has 4 nitrogen and oxygen atoms in total. The zero-order valence-electron chi connectivity index (χ0n) is 12.1. The number of fused-ring (bicyclic) bond motifs is 2. The SMILES string of the molecule is Cn1c(N=Nc2cccc3ccccc23)nc2ccccc21. The second kappa shape index (κ2) is 5.07. The minimum atomic E-state index is 0.606. The molecule has 0 atom stereocenters. The van der Waals surface area contributed by atoms with Crippen molar-refractivity contribution in [2.45, 2.75) is 0 Å². The lowest BCUT2D eigenvalue weighted by atomic mass is 10.1. The van der Waals surface area contributed by atoms with Crippen molar-refractivity contribution < 1.29 is 0 Å². The first-order chi connectivity index (χ1) is 10.8. The molecule has 0 amide bonds. The van der Waals surface area contributed by atoms with Crippen molar-refractivity contribution in [1.29, 1.82) is 0 Å². The third-order valence-electron chi connectivity index (χ3n) is 3.78. The number of imidazole rings is 1. The van der Waals surface area contributed by atoms with Crippen LogP contribution in [0.1, 0.15) is 0 Å². The van der Waals surface area contributed by atoms with Crippen LogP contribution in [0.5, 0.6) is 0 Å². The third-order valence-corrected chi connectivity index (χ3v) is 3.78. The molecule has 0 fully saturated rings. The Hall–Kier alpha value is -3.01. The third kappa shape index (κ3) is 2.05. The number of benzene rings is 3. The first-order valence-electron chi connectivity index (χ1n) is 7.14. The maximum Gasteiger partial charge on any atom is 0.250 e. The zero-order valence-corrected chi connectivity index (χ0v) is 12.1. The Morgan fingerprint density at radius 1 is 0.818 bits per heavy atom. The van der Waals surface area contributed by atoms with Gasteiger partial charge in [-0.3, -0.25) is 0 Å². The molecule has 3 aromatic carbocycles. The summed E-state index contributed by atoms with van der Waals surface area (Å²) in [5.41, 5.74) is 2.83. The van der Waals surface area contributed by atoms with Gasteiger partial charge in [0.2, 0.25) is 5.95 Å². The predicted octanol–water partition coefficient (Wildman–Crippen LogP) is 5.14. The molecule has 0 aliphatic carbocycles. The van der Waals surface area contributed by atoms with Crippen LogP contribution in [0.2, 0.25) is 0 Å². The summed E-state index contributed by atoms with van der Waals surface area (Å²) in [6, 6.07) is 22.2. The molecular weight excluding hydrogens is 272 g/mol. The van der Waals surface area contributed by atoms with Gasteiger partial charge < -0.3 is 4.57 Å². The van der Waals surface area contributed by atoms with Gasteiger partial charge in [-0.05, 0) is 23.6 Å². The molecule has 0 saturated carbocycles. The predicted molar refractivity (Wildman–Crippen MR) is 88.8 cm³/mol. The molecule has 0 aliphatic heterocycles. The maximum atomic E-state index is 4.51. The molecule has 1 aromatic heterocycles. The summed E-state index contributed by atoms with van der Waals surface area (Å²) in [7, 11) is 1.95. The molecule has 4 heteroatoms. The molecule has 106 valence electrons. The van der Waals surface area contributed by atoms with Gasteiger partial charge in [-0.2, -0.15) is 0 Å². The van der Waals surface area contributed by atoms with Gasteiger partial charge >= 0.3 is 0 Å². The van der Waals surface area contributed by atoms with E-state index in [2.05, 4.69) is 33.4 Å². The van der Waals surface area contributed by atoms with E-state index in [1.807, 2.05) is 60.1 Å². The summed E-state index contributed by atoms with van der Waals surface area (Å²) in [5, 5.41) is 11.0. The molecule has 4 aromatic rings. The van der Waals surface area contributed by atoms with Gasteiger partial charge in [-0.15, -0.1) is 10.2 Å². The minimum absolute atomic E-state index is 0.606. The van der Waals surface area contributed by atoms with Crippen molar-refractivity contribution in [1.82, 2.24) is 9.55 Å². The van der Waals surface area contributed by atoms with Gasteiger partial charge in [0, 0.05) is 12.4 Å². The van der Waals surface area contributed by atoms with Gasteiger partial charge in [0.25, 0.3) is 0 Å². The average Bonchev–Trinajstić information content (AvgIpc) is 2.89. The molecule has 0 bridgehead atoms. The monoisotopic (exact) mass is 286 g/mol. The molecule has 4 rings (SSSR count). The van der Waals surface area contributed by atoms with Gasteiger partial charge in [-0.1, -0.05) is 48.5 Å². The summed E-state index contributed by atoms with van der Waals surface area (Å²) in [5.74, 6) is 0.606. The molecule has 0 unspecified atom stereocenters. The van der Waals surface area contributed by atoms with Crippen LogP contribution in [-0.2, 0) is 7.05 Å². The van der Waals surface area contributed by atoms with Crippen LogP contribution in [-0.4, -0.2) is 9.55 Å². The molecule has 0 aliphatic rings. The highest BCUT2D eigenvalue weighted by Crippen LogP contribution is 2.28. The lowest BCUT2D eigenvalue weighted by Crippen LogP contribution is -1.85. The normalized spacial score (nSPS) is 11.7. The van der Waals surface area contributed by atoms with E-state index in [1.165, 1.54) is 0 Å². The number of hydrogen-bond acceptors (Lipinski definition) is 3. The lowest BCUT2D eigenvalue weighted by Gasteiger charge is -2.00. The molecule has 0 radical (unpaired) electrons.